The van der Waals surface area contributed by atoms with Gasteiger partial charge < -0.3 is 0 Å². The summed E-state index contributed by atoms with van der Waals surface area (Å²) < 4.78 is 8.58. The minimum atomic E-state index is -0.161. The van der Waals surface area contributed by atoms with Gasteiger partial charge in [-0.2, -0.15) is 0 Å². The molecule has 0 aliphatic rings. The van der Waals surface area contributed by atoms with Crippen LogP contribution in [0.3, 0.4) is 0 Å². The Hall–Kier alpha value is -0.991. The molecule has 3 nitrogen and oxygen atoms in total. The van der Waals surface area contributed by atoms with Crippen LogP contribution in [0.5, 0.6) is 0 Å². The maximum absolute atomic E-state index is 11.8. The Morgan fingerprint density at radius 2 is 2.27 bits per heavy atom. The standard InChI is InChI=1S/C10H4BrNO2Se/c11-6-1-2-7-9(3-6)14-4-8(10(7)13)12-5-15/h1-4H. The third-order valence-corrected chi connectivity index (χ3v) is 2.57. The fourth-order valence-corrected chi connectivity index (χ4v) is 1.76. The summed E-state index contributed by atoms with van der Waals surface area (Å²) in [5.74, 6) is 0. The van der Waals surface area contributed by atoms with E-state index in [0.717, 1.165) is 4.47 Å². The number of fused-ring (bicyclic) bond motifs is 1. The molecular weight excluding hydrogens is 325 g/mol. The molecule has 0 saturated heterocycles. The molecule has 5 heteroatoms. The van der Waals surface area contributed by atoms with Gasteiger partial charge in [0.15, 0.2) is 0 Å². The van der Waals surface area contributed by atoms with Crippen LogP contribution in [0, 0.1) is 0 Å². The van der Waals surface area contributed by atoms with Crippen LogP contribution in [-0.2, 0) is 0 Å². The molecule has 0 radical (unpaired) electrons. The summed E-state index contributed by atoms with van der Waals surface area (Å²) in [7, 11) is 0. The molecule has 0 aliphatic heterocycles. The first-order valence-electron chi connectivity index (χ1n) is 4.01. The molecule has 0 fully saturated rings. The molecule has 74 valence electrons. The summed E-state index contributed by atoms with van der Waals surface area (Å²) in [6, 6.07) is 5.23. The first-order chi connectivity index (χ1) is 7.22. The summed E-state index contributed by atoms with van der Waals surface area (Å²) >= 11 is 5.77. The third-order valence-electron chi connectivity index (χ3n) is 1.88. The molecule has 2 rings (SSSR count). The Morgan fingerprint density at radius 1 is 1.47 bits per heavy atom. The molecule has 1 aromatic carbocycles. The van der Waals surface area contributed by atoms with Crippen molar-refractivity contribution in [1.82, 2.24) is 0 Å². The second-order valence-corrected chi connectivity index (χ2v) is 4.09. The Kier molecular flexibility index (Phi) is 2.98. The van der Waals surface area contributed by atoms with E-state index >= 15 is 0 Å². The monoisotopic (exact) mass is 329 g/mol. The Labute approximate surface area is 101 Å². The van der Waals surface area contributed by atoms with Gasteiger partial charge in [0.05, 0.1) is 0 Å². The Balaban J connectivity index is 2.86. The van der Waals surface area contributed by atoms with E-state index in [9.17, 15) is 4.79 Å². The Bertz CT molecular complexity index is 629. The van der Waals surface area contributed by atoms with E-state index in [1.54, 1.807) is 18.2 Å². The average molecular weight is 329 g/mol. The van der Waals surface area contributed by atoms with E-state index in [4.69, 9.17) is 4.42 Å². The van der Waals surface area contributed by atoms with Gasteiger partial charge in [0.2, 0.25) is 0 Å². The van der Waals surface area contributed by atoms with Crippen molar-refractivity contribution in [2.45, 2.75) is 0 Å². The average Bonchev–Trinajstić information content (AvgIpc) is 2.22. The van der Waals surface area contributed by atoms with Gasteiger partial charge in [-0.15, -0.1) is 0 Å². The van der Waals surface area contributed by atoms with Crippen molar-refractivity contribution in [2.75, 3.05) is 0 Å². The molecule has 0 atom stereocenters. The SMILES string of the molecule is O=c1c(N=C=[Se])coc2cc(Br)ccc12. The van der Waals surface area contributed by atoms with Crippen LogP contribution >= 0.6 is 15.9 Å². The van der Waals surface area contributed by atoms with E-state index in [1.165, 1.54) is 6.26 Å². The number of halogens is 1. The number of hydrogen-bond donors (Lipinski definition) is 0. The zero-order chi connectivity index (χ0) is 10.8. The van der Waals surface area contributed by atoms with Gasteiger partial charge in [-0.3, -0.25) is 0 Å². The van der Waals surface area contributed by atoms with Crippen molar-refractivity contribution in [3.05, 3.63) is 39.2 Å². The number of aliphatic imine (C=N–C) groups is 1. The van der Waals surface area contributed by atoms with Gasteiger partial charge in [0.1, 0.15) is 0 Å². The molecule has 0 spiro atoms. The third kappa shape index (κ3) is 2.01. The van der Waals surface area contributed by atoms with Crippen molar-refractivity contribution in [1.29, 1.82) is 0 Å². The van der Waals surface area contributed by atoms with Gasteiger partial charge in [-0.05, 0) is 0 Å². The first-order valence-corrected chi connectivity index (χ1v) is 5.66. The van der Waals surface area contributed by atoms with E-state index in [-0.39, 0.29) is 11.1 Å². The predicted octanol–water partition coefficient (Wildman–Crippen LogP) is 2.26. The van der Waals surface area contributed by atoms with Crippen molar-refractivity contribution in [2.24, 2.45) is 4.99 Å². The van der Waals surface area contributed by atoms with Gasteiger partial charge in [-0.1, -0.05) is 0 Å². The van der Waals surface area contributed by atoms with Crippen molar-refractivity contribution in [3.8, 4) is 0 Å². The second kappa shape index (κ2) is 4.25. The Morgan fingerprint density at radius 3 is 3.00 bits per heavy atom. The molecule has 0 unspecified atom stereocenters. The van der Waals surface area contributed by atoms with Crippen LogP contribution in [0.1, 0.15) is 0 Å². The number of hydrogen-bond acceptors (Lipinski definition) is 3. The van der Waals surface area contributed by atoms with Crippen LogP contribution in [0.2, 0.25) is 0 Å². The maximum atomic E-state index is 11.8. The summed E-state index contributed by atoms with van der Waals surface area (Å²) in [5.41, 5.74) is 0.614. The van der Waals surface area contributed by atoms with Gasteiger partial charge in [0, 0.05) is 0 Å². The molecule has 0 amide bonds. The zero-order valence-corrected chi connectivity index (χ0v) is 10.7. The number of rotatable bonds is 1. The van der Waals surface area contributed by atoms with Crippen LogP contribution in [-0.4, -0.2) is 20.3 Å². The minimum absolute atomic E-state index is 0.161. The number of nitrogens with zero attached hydrogens (tertiary/aromatic N) is 1. The van der Waals surface area contributed by atoms with Gasteiger partial charge >= 0.3 is 101 Å². The van der Waals surface area contributed by atoms with E-state index in [0.29, 0.717) is 11.0 Å². The predicted molar refractivity (Wildman–Crippen MR) is 63.0 cm³/mol. The molecule has 0 saturated carbocycles. The molecule has 15 heavy (non-hydrogen) atoms. The second-order valence-electron chi connectivity index (χ2n) is 2.79. The van der Waals surface area contributed by atoms with E-state index < -0.39 is 0 Å². The molecule has 0 N–H and O–H groups in total. The fraction of sp³-hybridized carbons (Fsp3) is 0. The van der Waals surface area contributed by atoms with Crippen LogP contribution in [0.25, 0.3) is 11.0 Å². The van der Waals surface area contributed by atoms with E-state index in [1.807, 2.05) is 0 Å². The van der Waals surface area contributed by atoms with Gasteiger partial charge in [0.25, 0.3) is 0 Å². The first kappa shape index (κ1) is 10.5. The zero-order valence-electron chi connectivity index (χ0n) is 7.36. The molecule has 1 heterocycles. The normalized spacial score (nSPS) is 9.93. The molecule has 0 aliphatic carbocycles. The molecule has 2 aromatic rings. The summed E-state index contributed by atoms with van der Waals surface area (Å²) in [6.45, 7) is 0. The van der Waals surface area contributed by atoms with E-state index in [2.05, 4.69) is 41.2 Å². The summed E-state index contributed by atoms with van der Waals surface area (Å²) in [5, 5.41) is 0.509. The van der Waals surface area contributed by atoms with Crippen molar-refractivity contribution >= 4 is 52.9 Å². The van der Waals surface area contributed by atoms with Crippen LogP contribution in [0.15, 0.2) is 43.1 Å². The van der Waals surface area contributed by atoms with Gasteiger partial charge in [-0.25, -0.2) is 0 Å². The van der Waals surface area contributed by atoms with Crippen molar-refractivity contribution in [3.63, 3.8) is 0 Å². The fourth-order valence-electron chi connectivity index (χ4n) is 1.22. The summed E-state index contributed by atoms with van der Waals surface area (Å²) in [6.07, 6.45) is 1.32. The topological polar surface area (TPSA) is 42.6 Å². The van der Waals surface area contributed by atoms with Crippen LogP contribution < -0.4 is 5.43 Å². The quantitative estimate of drug-likeness (QED) is 0.595. The molecule has 1 aromatic heterocycles. The molecular formula is C10H4BrNO2Se. The number of benzene rings is 1. The van der Waals surface area contributed by atoms with Crippen molar-refractivity contribution < 1.29 is 4.42 Å². The van der Waals surface area contributed by atoms with Crippen LogP contribution in [0.4, 0.5) is 5.69 Å². The summed E-state index contributed by atoms with van der Waals surface area (Å²) in [4.78, 5) is 15.6. The molecule has 0 bridgehead atoms.